The van der Waals surface area contributed by atoms with Gasteiger partial charge in [-0.1, -0.05) is 11.6 Å². The van der Waals surface area contributed by atoms with Gasteiger partial charge in [0.05, 0.1) is 5.02 Å². The number of Topliss-reactive ketones (excluding diaryl/α,β-unsaturated/α-hetero) is 1. The average molecular weight is 247 g/mol. The quantitative estimate of drug-likeness (QED) is 0.782. The lowest BCUT2D eigenvalue weighted by Crippen LogP contribution is -2.04. The molecule has 0 aromatic carbocycles. The molecule has 0 spiro atoms. The van der Waals surface area contributed by atoms with E-state index in [0.29, 0.717) is 10.6 Å². The van der Waals surface area contributed by atoms with Crippen LogP contribution in [-0.2, 0) is 6.42 Å². The molecule has 0 unspecified atom stereocenters. The first-order valence-corrected chi connectivity index (χ1v) is 5.59. The van der Waals surface area contributed by atoms with Crippen molar-refractivity contribution in [3.63, 3.8) is 0 Å². The molecule has 0 atom stereocenters. The minimum absolute atomic E-state index is 0.00519. The maximum atomic E-state index is 12.0. The standard InChI is InChI=1S/C13H11ClN2O/c1-9-2-3-11(7-16-9)13(17)6-10-4-5-15-8-12(10)14/h2-5,7-8H,6H2,1H3. The number of pyridine rings is 2. The van der Waals surface area contributed by atoms with Crippen LogP contribution in [0.3, 0.4) is 0 Å². The van der Waals surface area contributed by atoms with Crippen LogP contribution in [0.4, 0.5) is 0 Å². The van der Waals surface area contributed by atoms with Crippen LogP contribution in [-0.4, -0.2) is 15.8 Å². The number of carbonyl (C=O) groups excluding carboxylic acids is 1. The molecule has 0 bridgehead atoms. The van der Waals surface area contributed by atoms with E-state index in [4.69, 9.17) is 11.6 Å². The summed E-state index contributed by atoms with van der Waals surface area (Å²) >= 11 is 5.95. The van der Waals surface area contributed by atoms with Gasteiger partial charge in [0.2, 0.25) is 0 Å². The Morgan fingerprint density at radius 2 is 2.12 bits per heavy atom. The Bertz CT molecular complexity index is 537. The van der Waals surface area contributed by atoms with E-state index < -0.39 is 0 Å². The zero-order valence-electron chi connectivity index (χ0n) is 9.35. The zero-order chi connectivity index (χ0) is 12.3. The van der Waals surface area contributed by atoms with Crippen molar-refractivity contribution < 1.29 is 4.79 Å². The lowest BCUT2D eigenvalue weighted by Gasteiger charge is -2.03. The predicted molar refractivity (Wildman–Crippen MR) is 66.3 cm³/mol. The monoisotopic (exact) mass is 246 g/mol. The molecule has 17 heavy (non-hydrogen) atoms. The number of aromatic nitrogens is 2. The fourth-order valence-corrected chi connectivity index (χ4v) is 1.64. The molecule has 0 amide bonds. The van der Waals surface area contributed by atoms with E-state index in [1.807, 2.05) is 13.0 Å². The van der Waals surface area contributed by atoms with Gasteiger partial charge >= 0.3 is 0 Å². The van der Waals surface area contributed by atoms with E-state index >= 15 is 0 Å². The second kappa shape index (κ2) is 5.06. The van der Waals surface area contributed by atoms with Crippen molar-refractivity contribution in [2.45, 2.75) is 13.3 Å². The largest absolute Gasteiger partial charge is 0.294 e. The highest BCUT2D eigenvalue weighted by Gasteiger charge is 2.09. The molecule has 0 fully saturated rings. The van der Waals surface area contributed by atoms with Crippen LogP contribution in [0, 0.1) is 6.92 Å². The Hall–Kier alpha value is -1.74. The van der Waals surface area contributed by atoms with Crippen LogP contribution < -0.4 is 0 Å². The topological polar surface area (TPSA) is 42.9 Å². The molecular formula is C13H11ClN2O. The summed E-state index contributed by atoms with van der Waals surface area (Å²) in [5, 5.41) is 0.515. The highest BCUT2D eigenvalue weighted by molar-refractivity contribution is 6.31. The van der Waals surface area contributed by atoms with E-state index in [2.05, 4.69) is 9.97 Å². The van der Waals surface area contributed by atoms with Gasteiger partial charge in [0, 0.05) is 36.3 Å². The second-order valence-electron chi connectivity index (χ2n) is 3.76. The molecule has 0 saturated heterocycles. The van der Waals surface area contributed by atoms with Crippen LogP contribution in [0.1, 0.15) is 21.6 Å². The Balaban J connectivity index is 2.17. The molecule has 0 N–H and O–H groups in total. The lowest BCUT2D eigenvalue weighted by atomic mass is 10.1. The number of hydrogen-bond donors (Lipinski definition) is 0. The maximum Gasteiger partial charge on any atom is 0.168 e. The van der Waals surface area contributed by atoms with Gasteiger partial charge in [0.15, 0.2) is 5.78 Å². The van der Waals surface area contributed by atoms with Crippen molar-refractivity contribution in [2.24, 2.45) is 0 Å². The molecule has 2 rings (SSSR count). The minimum Gasteiger partial charge on any atom is -0.294 e. The van der Waals surface area contributed by atoms with Crippen molar-refractivity contribution in [1.29, 1.82) is 0 Å². The van der Waals surface area contributed by atoms with E-state index in [1.165, 1.54) is 6.20 Å². The predicted octanol–water partition coefficient (Wildman–Crippen LogP) is 2.86. The number of rotatable bonds is 3. The lowest BCUT2D eigenvalue weighted by molar-refractivity contribution is 0.0992. The molecule has 0 radical (unpaired) electrons. The Morgan fingerprint density at radius 3 is 2.76 bits per heavy atom. The summed E-state index contributed by atoms with van der Waals surface area (Å²) in [6, 6.07) is 5.35. The zero-order valence-corrected chi connectivity index (χ0v) is 10.1. The van der Waals surface area contributed by atoms with Crippen molar-refractivity contribution in [2.75, 3.05) is 0 Å². The van der Waals surface area contributed by atoms with E-state index in [-0.39, 0.29) is 12.2 Å². The number of halogens is 1. The highest BCUT2D eigenvalue weighted by atomic mass is 35.5. The average Bonchev–Trinajstić information content (AvgIpc) is 2.33. The van der Waals surface area contributed by atoms with Gasteiger partial charge in [-0.05, 0) is 30.7 Å². The summed E-state index contributed by atoms with van der Waals surface area (Å²) in [6.45, 7) is 1.88. The van der Waals surface area contributed by atoms with Crippen LogP contribution in [0.25, 0.3) is 0 Å². The number of aryl methyl sites for hydroxylation is 1. The smallest absolute Gasteiger partial charge is 0.168 e. The summed E-state index contributed by atoms with van der Waals surface area (Å²) in [5.41, 5.74) is 2.28. The van der Waals surface area contributed by atoms with Gasteiger partial charge in [-0.25, -0.2) is 0 Å². The first-order chi connectivity index (χ1) is 8.16. The molecule has 0 saturated carbocycles. The third-order valence-corrected chi connectivity index (χ3v) is 2.78. The summed E-state index contributed by atoms with van der Waals surface area (Å²) in [5.74, 6) is 0.00519. The SMILES string of the molecule is Cc1ccc(C(=O)Cc2ccncc2Cl)cn1. The van der Waals surface area contributed by atoms with Crippen molar-refractivity contribution in [3.8, 4) is 0 Å². The number of nitrogens with zero attached hydrogens (tertiary/aromatic N) is 2. The fraction of sp³-hybridized carbons (Fsp3) is 0.154. The second-order valence-corrected chi connectivity index (χ2v) is 4.16. The van der Waals surface area contributed by atoms with Gasteiger partial charge in [-0.15, -0.1) is 0 Å². The Kier molecular flexibility index (Phi) is 3.49. The van der Waals surface area contributed by atoms with Gasteiger partial charge in [0.1, 0.15) is 0 Å². The maximum absolute atomic E-state index is 12.0. The molecule has 86 valence electrons. The molecule has 4 heteroatoms. The number of carbonyl (C=O) groups is 1. The molecular weight excluding hydrogens is 236 g/mol. The normalized spacial score (nSPS) is 10.2. The molecule has 0 aliphatic carbocycles. The van der Waals surface area contributed by atoms with E-state index in [9.17, 15) is 4.79 Å². The van der Waals surface area contributed by atoms with Crippen molar-refractivity contribution in [1.82, 2.24) is 9.97 Å². The van der Waals surface area contributed by atoms with Gasteiger partial charge in [0.25, 0.3) is 0 Å². The molecule has 2 aromatic rings. The Labute approximate surface area is 104 Å². The molecule has 3 nitrogen and oxygen atoms in total. The summed E-state index contributed by atoms with van der Waals surface area (Å²) in [6.07, 6.45) is 5.03. The van der Waals surface area contributed by atoms with E-state index in [1.54, 1.807) is 24.5 Å². The molecule has 2 aromatic heterocycles. The molecule has 0 aliphatic rings. The van der Waals surface area contributed by atoms with Gasteiger partial charge in [-0.3, -0.25) is 14.8 Å². The fourth-order valence-electron chi connectivity index (χ4n) is 1.46. The van der Waals surface area contributed by atoms with Gasteiger partial charge in [-0.2, -0.15) is 0 Å². The third kappa shape index (κ3) is 2.88. The number of ketones is 1. The summed E-state index contributed by atoms with van der Waals surface area (Å²) in [4.78, 5) is 19.9. The van der Waals surface area contributed by atoms with E-state index in [0.717, 1.165) is 11.3 Å². The van der Waals surface area contributed by atoms with Crippen LogP contribution in [0.2, 0.25) is 5.02 Å². The summed E-state index contributed by atoms with van der Waals surface area (Å²) in [7, 11) is 0. The number of hydrogen-bond acceptors (Lipinski definition) is 3. The Morgan fingerprint density at radius 1 is 1.29 bits per heavy atom. The molecule has 0 aliphatic heterocycles. The summed E-state index contributed by atoms with van der Waals surface area (Å²) < 4.78 is 0. The van der Waals surface area contributed by atoms with Crippen LogP contribution in [0.5, 0.6) is 0 Å². The van der Waals surface area contributed by atoms with Gasteiger partial charge < -0.3 is 0 Å². The van der Waals surface area contributed by atoms with Crippen LogP contribution in [0.15, 0.2) is 36.8 Å². The van der Waals surface area contributed by atoms with Crippen molar-refractivity contribution in [3.05, 3.63) is 58.6 Å². The van der Waals surface area contributed by atoms with Crippen LogP contribution >= 0.6 is 11.6 Å². The first kappa shape index (κ1) is 11.7. The highest BCUT2D eigenvalue weighted by Crippen LogP contribution is 2.16. The first-order valence-electron chi connectivity index (χ1n) is 5.21. The third-order valence-electron chi connectivity index (χ3n) is 2.44. The van der Waals surface area contributed by atoms with Crippen molar-refractivity contribution >= 4 is 17.4 Å². The molecule has 2 heterocycles. The minimum atomic E-state index is 0.00519.